The molecule has 0 unspecified atom stereocenters. The second-order valence-electron chi connectivity index (χ2n) is 6.26. The van der Waals surface area contributed by atoms with Crippen molar-refractivity contribution in [1.82, 2.24) is 5.32 Å². The minimum atomic E-state index is -0.584. The summed E-state index contributed by atoms with van der Waals surface area (Å²) in [5.41, 5.74) is 1.87. The van der Waals surface area contributed by atoms with E-state index in [4.69, 9.17) is 4.74 Å². The number of carbonyl (C=O) groups excluding carboxylic acids is 3. The summed E-state index contributed by atoms with van der Waals surface area (Å²) in [5, 5.41) is 7.38. The number of anilines is 1. The van der Waals surface area contributed by atoms with Gasteiger partial charge in [0.05, 0.1) is 5.56 Å². The van der Waals surface area contributed by atoms with Crippen LogP contribution in [0.5, 0.6) is 0 Å². The summed E-state index contributed by atoms with van der Waals surface area (Å²) in [7, 11) is 0. The fourth-order valence-corrected chi connectivity index (χ4v) is 2.72. The van der Waals surface area contributed by atoms with Crippen molar-refractivity contribution in [3.8, 4) is 0 Å². The average molecular weight is 376 g/mol. The van der Waals surface area contributed by atoms with Crippen LogP contribution in [0.2, 0.25) is 0 Å². The van der Waals surface area contributed by atoms with Gasteiger partial charge in [-0.2, -0.15) is 0 Å². The molecule has 0 aliphatic carbocycles. The summed E-state index contributed by atoms with van der Waals surface area (Å²) in [5.74, 6) is -1.12. The van der Waals surface area contributed by atoms with E-state index in [1.807, 2.05) is 36.4 Å². The Morgan fingerprint density at radius 3 is 2.36 bits per heavy atom. The zero-order valence-electron chi connectivity index (χ0n) is 15.4. The van der Waals surface area contributed by atoms with Crippen molar-refractivity contribution in [3.63, 3.8) is 0 Å². The smallest absolute Gasteiger partial charge is 0.338 e. The van der Waals surface area contributed by atoms with E-state index in [2.05, 4.69) is 10.6 Å². The third-order valence-corrected chi connectivity index (χ3v) is 4.13. The van der Waals surface area contributed by atoms with Crippen molar-refractivity contribution < 1.29 is 19.1 Å². The Labute approximate surface area is 162 Å². The Morgan fingerprint density at radius 2 is 1.61 bits per heavy atom. The Morgan fingerprint density at radius 1 is 0.893 bits per heavy atom. The standard InChI is InChI=1S/C22H20N2O4/c1-15(25)23-13-16-9-11-18(12-10-16)22(27)28-14-21(26)24-20-8-4-6-17-5-2-3-7-19(17)20/h2-12H,13-14H2,1H3,(H,23,25)(H,24,26). The fraction of sp³-hybridized carbons (Fsp3) is 0.136. The molecule has 0 heterocycles. The third kappa shape index (κ3) is 4.94. The van der Waals surface area contributed by atoms with Crippen LogP contribution in [-0.4, -0.2) is 24.4 Å². The Bertz CT molecular complexity index is 1010. The van der Waals surface area contributed by atoms with Crippen molar-refractivity contribution in [2.45, 2.75) is 13.5 Å². The van der Waals surface area contributed by atoms with E-state index in [1.165, 1.54) is 6.92 Å². The van der Waals surface area contributed by atoms with Crippen LogP contribution in [-0.2, 0) is 20.9 Å². The SMILES string of the molecule is CC(=O)NCc1ccc(C(=O)OCC(=O)Nc2cccc3ccccc23)cc1. The molecule has 28 heavy (non-hydrogen) atoms. The normalized spacial score (nSPS) is 10.3. The molecule has 0 saturated carbocycles. The fourth-order valence-electron chi connectivity index (χ4n) is 2.72. The van der Waals surface area contributed by atoms with E-state index in [1.54, 1.807) is 30.3 Å². The molecule has 0 aliphatic heterocycles. The zero-order chi connectivity index (χ0) is 19.9. The van der Waals surface area contributed by atoms with Gasteiger partial charge in [0.1, 0.15) is 0 Å². The average Bonchev–Trinajstić information content (AvgIpc) is 2.71. The molecule has 3 aromatic rings. The van der Waals surface area contributed by atoms with Crippen molar-refractivity contribution in [1.29, 1.82) is 0 Å². The predicted octanol–water partition coefficient (Wildman–Crippen LogP) is 3.27. The van der Waals surface area contributed by atoms with E-state index in [9.17, 15) is 14.4 Å². The van der Waals surface area contributed by atoms with Gasteiger partial charge in [0.25, 0.3) is 5.91 Å². The molecule has 6 nitrogen and oxygen atoms in total. The first-order valence-corrected chi connectivity index (χ1v) is 8.81. The molecule has 0 aliphatic rings. The molecule has 0 saturated heterocycles. The lowest BCUT2D eigenvalue weighted by Crippen LogP contribution is -2.21. The molecule has 0 spiro atoms. The molecule has 2 amide bonds. The monoisotopic (exact) mass is 376 g/mol. The van der Waals surface area contributed by atoms with Gasteiger partial charge in [0.15, 0.2) is 6.61 Å². The lowest BCUT2D eigenvalue weighted by molar-refractivity contribution is -0.119. The summed E-state index contributed by atoms with van der Waals surface area (Å²) in [6.45, 7) is 1.45. The van der Waals surface area contributed by atoms with Gasteiger partial charge in [-0.25, -0.2) is 4.79 Å². The molecule has 142 valence electrons. The van der Waals surface area contributed by atoms with Gasteiger partial charge in [-0.15, -0.1) is 0 Å². The predicted molar refractivity (Wildman–Crippen MR) is 107 cm³/mol. The van der Waals surface area contributed by atoms with Gasteiger partial charge < -0.3 is 15.4 Å². The Balaban J connectivity index is 1.55. The zero-order valence-corrected chi connectivity index (χ0v) is 15.4. The number of rotatable bonds is 6. The second-order valence-corrected chi connectivity index (χ2v) is 6.26. The molecule has 2 N–H and O–H groups in total. The van der Waals surface area contributed by atoms with Crippen molar-refractivity contribution in [2.75, 3.05) is 11.9 Å². The van der Waals surface area contributed by atoms with Crippen LogP contribution in [0.15, 0.2) is 66.7 Å². The van der Waals surface area contributed by atoms with Gasteiger partial charge in [-0.1, -0.05) is 48.5 Å². The van der Waals surface area contributed by atoms with E-state index >= 15 is 0 Å². The van der Waals surface area contributed by atoms with Gasteiger partial charge in [0, 0.05) is 24.5 Å². The van der Waals surface area contributed by atoms with Crippen LogP contribution in [0.3, 0.4) is 0 Å². The molecule has 0 aromatic heterocycles. The highest BCUT2D eigenvalue weighted by Gasteiger charge is 2.11. The first-order valence-electron chi connectivity index (χ1n) is 8.81. The van der Waals surface area contributed by atoms with Crippen LogP contribution in [0.1, 0.15) is 22.8 Å². The highest BCUT2D eigenvalue weighted by molar-refractivity contribution is 6.03. The third-order valence-electron chi connectivity index (χ3n) is 4.13. The quantitative estimate of drug-likeness (QED) is 0.647. The highest BCUT2D eigenvalue weighted by atomic mass is 16.5. The van der Waals surface area contributed by atoms with Crippen LogP contribution in [0.25, 0.3) is 10.8 Å². The largest absolute Gasteiger partial charge is 0.452 e. The molecular formula is C22H20N2O4. The first kappa shape index (κ1) is 19.1. The lowest BCUT2D eigenvalue weighted by Gasteiger charge is -2.09. The summed E-state index contributed by atoms with van der Waals surface area (Å²) in [4.78, 5) is 35.2. The van der Waals surface area contributed by atoms with Crippen LogP contribution >= 0.6 is 0 Å². The van der Waals surface area contributed by atoms with Gasteiger partial charge in [-0.05, 0) is 29.1 Å². The number of amides is 2. The van der Waals surface area contributed by atoms with Crippen molar-refractivity contribution in [3.05, 3.63) is 77.9 Å². The van der Waals surface area contributed by atoms with E-state index < -0.39 is 11.9 Å². The number of carbonyl (C=O) groups is 3. The van der Waals surface area contributed by atoms with Gasteiger partial charge >= 0.3 is 5.97 Å². The molecular weight excluding hydrogens is 356 g/mol. The highest BCUT2D eigenvalue weighted by Crippen LogP contribution is 2.22. The van der Waals surface area contributed by atoms with Crippen molar-refractivity contribution in [2.24, 2.45) is 0 Å². The summed E-state index contributed by atoms with van der Waals surface area (Å²) < 4.78 is 5.09. The number of benzene rings is 3. The maximum atomic E-state index is 12.2. The molecule has 0 bridgehead atoms. The van der Waals surface area contributed by atoms with Crippen molar-refractivity contribution >= 4 is 34.2 Å². The lowest BCUT2D eigenvalue weighted by atomic mass is 10.1. The molecule has 0 fully saturated rings. The van der Waals surface area contributed by atoms with Crippen LogP contribution in [0, 0.1) is 0 Å². The van der Waals surface area contributed by atoms with E-state index in [-0.39, 0.29) is 12.5 Å². The molecule has 3 rings (SSSR count). The molecule has 3 aromatic carbocycles. The summed E-state index contributed by atoms with van der Waals surface area (Å²) in [6.07, 6.45) is 0. The molecule has 0 atom stereocenters. The maximum Gasteiger partial charge on any atom is 0.338 e. The van der Waals surface area contributed by atoms with Gasteiger partial charge in [-0.3, -0.25) is 9.59 Å². The first-order chi connectivity index (χ1) is 13.5. The maximum absolute atomic E-state index is 12.2. The minimum absolute atomic E-state index is 0.124. The number of hydrogen-bond acceptors (Lipinski definition) is 4. The topological polar surface area (TPSA) is 84.5 Å². The number of hydrogen-bond donors (Lipinski definition) is 2. The Kier molecular flexibility index (Phi) is 6.01. The molecule has 0 radical (unpaired) electrons. The number of ether oxygens (including phenoxy) is 1. The summed E-state index contributed by atoms with van der Waals surface area (Å²) >= 11 is 0. The Hall–Kier alpha value is -3.67. The summed E-state index contributed by atoms with van der Waals surface area (Å²) in [6, 6.07) is 20.0. The van der Waals surface area contributed by atoms with Gasteiger partial charge in [0.2, 0.25) is 5.91 Å². The van der Waals surface area contributed by atoms with Crippen LogP contribution in [0.4, 0.5) is 5.69 Å². The van der Waals surface area contributed by atoms with Crippen LogP contribution < -0.4 is 10.6 Å². The second kappa shape index (κ2) is 8.81. The number of fused-ring (bicyclic) bond motifs is 1. The number of esters is 1. The minimum Gasteiger partial charge on any atom is -0.452 e. The number of nitrogens with one attached hydrogen (secondary N) is 2. The van der Waals surface area contributed by atoms with E-state index in [0.29, 0.717) is 17.8 Å². The molecule has 6 heteroatoms. The van der Waals surface area contributed by atoms with E-state index in [0.717, 1.165) is 16.3 Å².